The monoisotopic (exact) mass is 281 g/mol. The van der Waals surface area contributed by atoms with E-state index >= 15 is 0 Å². The second-order valence-corrected chi connectivity index (χ2v) is 5.78. The Morgan fingerprint density at radius 1 is 1.00 bits per heavy atom. The van der Waals surface area contributed by atoms with Crippen molar-refractivity contribution in [2.45, 2.75) is 46.0 Å². The molecule has 1 heterocycles. The van der Waals surface area contributed by atoms with E-state index < -0.39 is 0 Å². The smallest absolute Gasteiger partial charge is 0.161 e. The van der Waals surface area contributed by atoms with E-state index in [1.807, 2.05) is 0 Å². The molecule has 0 atom stereocenters. The van der Waals surface area contributed by atoms with Crippen LogP contribution in [0.3, 0.4) is 0 Å². The SMILES string of the molecule is CCNc1nc(-c2ccc(C)cc2)nc2c1CCCCC2. The number of anilines is 1. The Balaban J connectivity index is 2.07. The predicted octanol–water partition coefficient (Wildman–Crippen LogP) is 4.15. The number of fused-ring (bicyclic) bond motifs is 1. The summed E-state index contributed by atoms with van der Waals surface area (Å²) < 4.78 is 0. The van der Waals surface area contributed by atoms with Gasteiger partial charge in [0, 0.05) is 23.4 Å². The lowest BCUT2D eigenvalue weighted by Gasteiger charge is -2.14. The summed E-state index contributed by atoms with van der Waals surface area (Å²) in [5.41, 5.74) is 4.95. The molecular weight excluding hydrogens is 258 g/mol. The van der Waals surface area contributed by atoms with Crippen molar-refractivity contribution < 1.29 is 0 Å². The summed E-state index contributed by atoms with van der Waals surface area (Å²) >= 11 is 0. The number of hydrogen-bond acceptors (Lipinski definition) is 3. The normalized spacial score (nSPS) is 14.4. The van der Waals surface area contributed by atoms with Gasteiger partial charge in [0.05, 0.1) is 0 Å². The molecule has 0 saturated heterocycles. The first kappa shape index (κ1) is 14.1. The summed E-state index contributed by atoms with van der Waals surface area (Å²) in [4.78, 5) is 9.66. The zero-order valence-corrected chi connectivity index (χ0v) is 12.9. The standard InChI is InChI=1S/C18H23N3/c1-3-19-18-15-7-5-4-6-8-16(15)20-17(21-18)14-11-9-13(2)10-12-14/h9-12H,3-8H2,1-2H3,(H,19,20,21). The number of nitrogens with one attached hydrogen (secondary N) is 1. The van der Waals surface area contributed by atoms with E-state index in [-0.39, 0.29) is 0 Å². The van der Waals surface area contributed by atoms with Crippen LogP contribution >= 0.6 is 0 Å². The second-order valence-electron chi connectivity index (χ2n) is 5.78. The summed E-state index contributed by atoms with van der Waals surface area (Å²) in [5, 5.41) is 3.43. The van der Waals surface area contributed by atoms with E-state index in [1.165, 1.54) is 36.1 Å². The molecule has 21 heavy (non-hydrogen) atoms. The van der Waals surface area contributed by atoms with Gasteiger partial charge in [-0.2, -0.15) is 0 Å². The molecule has 1 aromatic heterocycles. The molecule has 0 amide bonds. The molecule has 0 bridgehead atoms. The highest BCUT2D eigenvalue weighted by Gasteiger charge is 2.17. The molecule has 1 aromatic carbocycles. The molecule has 3 nitrogen and oxygen atoms in total. The molecular formula is C18H23N3. The molecule has 3 heteroatoms. The highest BCUT2D eigenvalue weighted by Crippen LogP contribution is 2.28. The van der Waals surface area contributed by atoms with Crippen LogP contribution in [0.25, 0.3) is 11.4 Å². The first-order valence-corrected chi connectivity index (χ1v) is 7.98. The van der Waals surface area contributed by atoms with Gasteiger partial charge in [0.25, 0.3) is 0 Å². The Labute approximate surface area is 126 Å². The van der Waals surface area contributed by atoms with Gasteiger partial charge >= 0.3 is 0 Å². The zero-order chi connectivity index (χ0) is 14.7. The highest BCUT2D eigenvalue weighted by molar-refractivity contribution is 5.60. The summed E-state index contributed by atoms with van der Waals surface area (Å²) in [7, 11) is 0. The molecule has 0 spiro atoms. The highest BCUT2D eigenvalue weighted by atomic mass is 15.0. The van der Waals surface area contributed by atoms with Gasteiger partial charge < -0.3 is 5.32 Å². The molecule has 2 aromatic rings. The maximum absolute atomic E-state index is 4.86. The number of nitrogens with zero attached hydrogens (tertiary/aromatic N) is 2. The van der Waals surface area contributed by atoms with E-state index in [2.05, 4.69) is 43.4 Å². The first-order valence-electron chi connectivity index (χ1n) is 7.98. The lowest BCUT2D eigenvalue weighted by molar-refractivity contribution is 0.709. The third-order valence-electron chi connectivity index (χ3n) is 4.09. The molecule has 0 aliphatic heterocycles. The minimum Gasteiger partial charge on any atom is -0.370 e. The van der Waals surface area contributed by atoms with Gasteiger partial charge in [0.1, 0.15) is 5.82 Å². The number of rotatable bonds is 3. The Bertz CT molecular complexity index is 617. The van der Waals surface area contributed by atoms with Crippen molar-refractivity contribution in [2.24, 2.45) is 0 Å². The van der Waals surface area contributed by atoms with Gasteiger partial charge in [-0.15, -0.1) is 0 Å². The van der Waals surface area contributed by atoms with Crippen molar-refractivity contribution in [3.8, 4) is 11.4 Å². The lowest BCUT2D eigenvalue weighted by atomic mass is 10.1. The maximum Gasteiger partial charge on any atom is 0.161 e. The van der Waals surface area contributed by atoms with Gasteiger partial charge in [-0.1, -0.05) is 36.2 Å². The van der Waals surface area contributed by atoms with Crippen LogP contribution in [-0.2, 0) is 12.8 Å². The number of aromatic nitrogens is 2. The van der Waals surface area contributed by atoms with Crippen LogP contribution in [0.1, 0.15) is 43.0 Å². The fraction of sp³-hybridized carbons (Fsp3) is 0.444. The minimum absolute atomic E-state index is 0.853. The maximum atomic E-state index is 4.86. The summed E-state index contributed by atoms with van der Waals surface area (Å²) in [5.74, 6) is 1.89. The van der Waals surface area contributed by atoms with Crippen LogP contribution in [0.2, 0.25) is 0 Å². The van der Waals surface area contributed by atoms with Crippen molar-refractivity contribution in [1.29, 1.82) is 0 Å². The number of aryl methyl sites for hydroxylation is 2. The van der Waals surface area contributed by atoms with Crippen LogP contribution in [0, 0.1) is 6.92 Å². The van der Waals surface area contributed by atoms with Gasteiger partial charge in [0.2, 0.25) is 0 Å². The molecule has 1 aliphatic rings. The van der Waals surface area contributed by atoms with E-state index in [9.17, 15) is 0 Å². The van der Waals surface area contributed by atoms with Gasteiger partial charge in [0.15, 0.2) is 5.82 Å². The Kier molecular flexibility index (Phi) is 4.18. The second kappa shape index (κ2) is 6.25. The molecule has 0 radical (unpaired) electrons. The van der Waals surface area contributed by atoms with Crippen LogP contribution in [0.15, 0.2) is 24.3 Å². The van der Waals surface area contributed by atoms with Gasteiger partial charge in [-0.3, -0.25) is 0 Å². The molecule has 1 N–H and O–H groups in total. The fourth-order valence-electron chi connectivity index (χ4n) is 2.92. The average molecular weight is 281 g/mol. The van der Waals surface area contributed by atoms with Crippen molar-refractivity contribution in [1.82, 2.24) is 9.97 Å². The number of benzene rings is 1. The molecule has 0 saturated carbocycles. The van der Waals surface area contributed by atoms with Crippen LogP contribution in [0.4, 0.5) is 5.82 Å². The van der Waals surface area contributed by atoms with Crippen molar-refractivity contribution in [3.05, 3.63) is 41.1 Å². The largest absolute Gasteiger partial charge is 0.370 e. The third-order valence-corrected chi connectivity index (χ3v) is 4.09. The van der Waals surface area contributed by atoms with E-state index in [0.717, 1.165) is 36.6 Å². The summed E-state index contributed by atoms with van der Waals surface area (Å²) in [6, 6.07) is 8.47. The first-order chi connectivity index (χ1) is 10.3. The molecule has 0 unspecified atom stereocenters. The Hall–Kier alpha value is -1.90. The lowest BCUT2D eigenvalue weighted by Crippen LogP contribution is -2.09. The van der Waals surface area contributed by atoms with Crippen LogP contribution < -0.4 is 5.32 Å². The fourth-order valence-corrected chi connectivity index (χ4v) is 2.92. The van der Waals surface area contributed by atoms with Gasteiger partial charge in [-0.05, 0) is 39.5 Å². The third kappa shape index (κ3) is 3.07. The van der Waals surface area contributed by atoms with E-state index in [0.29, 0.717) is 0 Å². The summed E-state index contributed by atoms with van der Waals surface area (Å²) in [6.07, 6.45) is 5.96. The minimum atomic E-state index is 0.853. The van der Waals surface area contributed by atoms with Crippen molar-refractivity contribution in [2.75, 3.05) is 11.9 Å². The van der Waals surface area contributed by atoms with Crippen molar-refractivity contribution in [3.63, 3.8) is 0 Å². The number of hydrogen-bond donors (Lipinski definition) is 1. The van der Waals surface area contributed by atoms with Crippen molar-refractivity contribution >= 4 is 5.82 Å². The Morgan fingerprint density at radius 2 is 1.76 bits per heavy atom. The predicted molar refractivity (Wildman–Crippen MR) is 87.6 cm³/mol. The van der Waals surface area contributed by atoms with Gasteiger partial charge in [-0.25, -0.2) is 9.97 Å². The Morgan fingerprint density at radius 3 is 2.52 bits per heavy atom. The average Bonchev–Trinajstić information content (AvgIpc) is 2.73. The molecule has 1 aliphatic carbocycles. The molecule has 0 fully saturated rings. The summed E-state index contributed by atoms with van der Waals surface area (Å²) in [6.45, 7) is 5.12. The van der Waals surface area contributed by atoms with Crippen LogP contribution in [0.5, 0.6) is 0 Å². The van der Waals surface area contributed by atoms with E-state index in [1.54, 1.807) is 0 Å². The van der Waals surface area contributed by atoms with E-state index in [4.69, 9.17) is 9.97 Å². The topological polar surface area (TPSA) is 37.8 Å². The molecule has 110 valence electrons. The molecule has 3 rings (SSSR count). The van der Waals surface area contributed by atoms with Crippen LogP contribution in [-0.4, -0.2) is 16.5 Å². The zero-order valence-electron chi connectivity index (χ0n) is 12.9. The quantitative estimate of drug-likeness (QED) is 0.859.